The first-order valence-corrected chi connectivity index (χ1v) is 5.31. The van der Waals surface area contributed by atoms with Crippen molar-refractivity contribution < 1.29 is 9.18 Å². The summed E-state index contributed by atoms with van der Waals surface area (Å²) in [7, 11) is 0. The molecule has 3 heteroatoms. The van der Waals surface area contributed by atoms with Crippen LogP contribution in [0.15, 0.2) is 18.2 Å². The maximum absolute atomic E-state index is 12.8. The van der Waals surface area contributed by atoms with E-state index in [1.165, 1.54) is 0 Å². The van der Waals surface area contributed by atoms with E-state index in [0.29, 0.717) is 11.1 Å². The number of halogens is 1. The number of alkyl halides is 1. The molecule has 0 spiro atoms. The maximum Gasteiger partial charge on any atom is 0.252 e. The van der Waals surface area contributed by atoms with Gasteiger partial charge in [-0.3, -0.25) is 4.79 Å². The van der Waals surface area contributed by atoms with Crippen LogP contribution in [0.2, 0.25) is 0 Å². The molecule has 0 heterocycles. The van der Waals surface area contributed by atoms with Gasteiger partial charge in [0.25, 0.3) is 5.91 Å². The lowest BCUT2D eigenvalue weighted by Gasteiger charge is -2.21. The molecule has 1 rings (SSSR count). The van der Waals surface area contributed by atoms with Crippen molar-refractivity contribution in [2.24, 2.45) is 0 Å². The zero-order chi connectivity index (χ0) is 12.3. The zero-order valence-corrected chi connectivity index (χ0v) is 10.2. The lowest BCUT2D eigenvalue weighted by Crippen LogP contribution is -2.40. The van der Waals surface area contributed by atoms with Crippen molar-refractivity contribution in [3.8, 4) is 0 Å². The van der Waals surface area contributed by atoms with E-state index in [9.17, 15) is 9.18 Å². The quantitative estimate of drug-likeness (QED) is 0.820. The number of amides is 1. The third kappa shape index (κ3) is 3.33. The van der Waals surface area contributed by atoms with Crippen molar-refractivity contribution in [1.29, 1.82) is 0 Å². The first kappa shape index (κ1) is 12.7. The number of benzene rings is 1. The molecule has 1 N–H and O–H groups in total. The Kier molecular flexibility index (Phi) is 3.68. The fourth-order valence-corrected chi connectivity index (χ4v) is 1.46. The molecule has 16 heavy (non-hydrogen) atoms. The van der Waals surface area contributed by atoms with Gasteiger partial charge >= 0.3 is 0 Å². The van der Waals surface area contributed by atoms with Gasteiger partial charge in [0, 0.05) is 11.1 Å². The summed E-state index contributed by atoms with van der Waals surface area (Å²) >= 11 is 0. The summed E-state index contributed by atoms with van der Waals surface area (Å²) in [6, 6.07) is 5.19. The van der Waals surface area contributed by atoms with Gasteiger partial charge in [-0.15, -0.1) is 0 Å². The van der Waals surface area contributed by atoms with Gasteiger partial charge in [-0.1, -0.05) is 17.7 Å². The minimum absolute atomic E-state index is 0.222. The molecule has 0 aliphatic heterocycles. The summed E-state index contributed by atoms with van der Waals surface area (Å²) in [5.41, 5.74) is 1.51. The lowest BCUT2D eigenvalue weighted by molar-refractivity contribution is 0.0918. The Morgan fingerprint density at radius 3 is 2.50 bits per heavy atom. The highest BCUT2D eigenvalue weighted by molar-refractivity contribution is 5.96. The second-order valence-electron chi connectivity index (χ2n) is 5.00. The van der Waals surface area contributed by atoms with E-state index in [0.717, 1.165) is 5.56 Å². The summed E-state index contributed by atoms with van der Waals surface area (Å²) in [5.74, 6) is -0.222. The highest BCUT2D eigenvalue weighted by Gasteiger charge is 2.17. The number of aryl methyl sites for hydroxylation is 1. The Morgan fingerprint density at radius 2 is 2.00 bits per heavy atom. The van der Waals surface area contributed by atoms with Crippen LogP contribution in [-0.2, 0) is 6.67 Å². The lowest BCUT2D eigenvalue weighted by atomic mass is 10.0. The Labute approximate surface area is 95.9 Å². The molecule has 0 unspecified atom stereocenters. The Bertz CT molecular complexity index is 393. The van der Waals surface area contributed by atoms with Gasteiger partial charge in [0.15, 0.2) is 0 Å². The first-order valence-electron chi connectivity index (χ1n) is 5.31. The summed E-state index contributed by atoms with van der Waals surface area (Å²) in [6.45, 7) is 6.95. The topological polar surface area (TPSA) is 29.1 Å². The van der Waals surface area contributed by atoms with Gasteiger partial charge in [0.05, 0.1) is 0 Å². The van der Waals surface area contributed by atoms with Crippen molar-refractivity contribution in [3.05, 3.63) is 34.9 Å². The monoisotopic (exact) mass is 223 g/mol. The number of hydrogen-bond acceptors (Lipinski definition) is 1. The highest BCUT2D eigenvalue weighted by Crippen LogP contribution is 2.14. The molecule has 1 amide bonds. The second kappa shape index (κ2) is 4.64. The molecule has 1 aromatic carbocycles. The molecule has 88 valence electrons. The highest BCUT2D eigenvalue weighted by atomic mass is 19.1. The molecule has 2 nitrogen and oxygen atoms in total. The maximum atomic E-state index is 12.8. The van der Waals surface area contributed by atoms with E-state index in [2.05, 4.69) is 5.32 Å². The molecular formula is C13H18FNO. The smallest absolute Gasteiger partial charge is 0.252 e. The number of rotatable bonds is 2. The average Bonchev–Trinajstić information content (AvgIpc) is 2.14. The van der Waals surface area contributed by atoms with Crippen LogP contribution in [0.25, 0.3) is 0 Å². The third-order valence-corrected chi connectivity index (χ3v) is 2.14. The van der Waals surface area contributed by atoms with E-state index >= 15 is 0 Å². The molecule has 0 saturated carbocycles. The van der Waals surface area contributed by atoms with Crippen LogP contribution >= 0.6 is 0 Å². The van der Waals surface area contributed by atoms with E-state index in [1.54, 1.807) is 12.1 Å². The van der Waals surface area contributed by atoms with Crippen LogP contribution < -0.4 is 5.32 Å². The molecular weight excluding hydrogens is 205 g/mol. The van der Waals surface area contributed by atoms with E-state index in [4.69, 9.17) is 0 Å². The number of nitrogens with one attached hydrogen (secondary N) is 1. The predicted molar refractivity (Wildman–Crippen MR) is 63.2 cm³/mol. The average molecular weight is 223 g/mol. The van der Waals surface area contributed by atoms with Crippen molar-refractivity contribution in [3.63, 3.8) is 0 Å². The van der Waals surface area contributed by atoms with Crippen molar-refractivity contribution in [2.45, 2.75) is 39.9 Å². The fraction of sp³-hybridized carbons (Fsp3) is 0.462. The van der Waals surface area contributed by atoms with Crippen molar-refractivity contribution >= 4 is 5.91 Å². The minimum Gasteiger partial charge on any atom is -0.347 e. The van der Waals surface area contributed by atoms with E-state index in [-0.39, 0.29) is 11.4 Å². The second-order valence-corrected chi connectivity index (χ2v) is 5.00. The molecule has 1 aromatic rings. The van der Waals surface area contributed by atoms with Gasteiger partial charge in [-0.25, -0.2) is 4.39 Å². The van der Waals surface area contributed by atoms with Crippen LogP contribution in [0.5, 0.6) is 0 Å². The fourth-order valence-electron chi connectivity index (χ4n) is 1.46. The molecule has 0 saturated heterocycles. The molecule has 0 aliphatic carbocycles. The Hall–Kier alpha value is -1.38. The molecule has 0 radical (unpaired) electrons. The van der Waals surface area contributed by atoms with Crippen LogP contribution in [0, 0.1) is 6.92 Å². The summed E-state index contributed by atoms with van der Waals surface area (Å²) in [4.78, 5) is 11.9. The molecule has 0 fully saturated rings. The van der Waals surface area contributed by atoms with Gasteiger partial charge in [-0.05, 0) is 39.3 Å². The van der Waals surface area contributed by atoms with E-state index < -0.39 is 6.67 Å². The number of carbonyl (C=O) groups excluding carboxylic acids is 1. The SMILES string of the molecule is Cc1ccc(C(=O)NC(C)(C)C)c(CF)c1. The summed E-state index contributed by atoms with van der Waals surface area (Å²) in [6.07, 6.45) is 0. The van der Waals surface area contributed by atoms with Crippen LogP contribution in [0.3, 0.4) is 0 Å². The van der Waals surface area contributed by atoms with Crippen LogP contribution in [0.4, 0.5) is 4.39 Å². The van der Waals surface area contributed by atoms with Gasteiger partial charge in [-0.2, -0.15) is 0 Å². The number of carbonyl (C=O) groups is 1. The predicted octanol–water partition coefficient (Wildman–Crippen LogP) is 2.99. The molecule has 0 bridgehead atoms. The minimum atomic E-state index is -0.616. The summed E-state index contributed by atoms with van der Waals surface area (Å²) in [5, 5.41) is 2.82. The molecule has 0 aliphatic rings. The number of hydrogen-bond donors (Lipinski definition) is 1. The largest absolute Gasteiger partial charge is 0.347 e. The van der Waals surface area contributed by atoms with Gasteiger partial charge < -0.3 is 5.32 Å². The zero-order valence-electron chi connectivity index (χ0n) is 10.2. The normalized spacial score (nSPS) is 11.3. The Morgan fingerprint density at radius 1 is 1.38 bits per heavy atom. The third-order valence-electron chi connectivity index (χ3n) is 2.14. The Balaban J connectivity index is 2.99. The standard InChI is InChI=1S/C13H18FNO/c1-9-5-6-11(10(7-9)8-14)12(16)15-13(2,3)4/h5-7H,8H2,1-4H3,(H,15,16). The van der Waals surface area contributed by atoms with E-state index in [1.807, 2.05) is 33.8 Å². The van der Waals surface area contributed by atoms with Gasteiger partial charge in [0.1, 0.15) is 6.67 Å². The van der Waals surface area contributed by atoms with Crippen LogP contribution in [0.1, 0.15) is 42.3 Å². The summed E-state index contributed by atoms with van der Waals surface area (Å²) < 4.78 is 12.8. The first-order chi connectivity index (χ1) is 7.33. The molecule has 0 atom stereocenters. The van der Waals surface area contributed by atoms with Crippen LogP contribution in [-0.4, -0.2) is 11.4 Å². The van der Waals surface area contributed by atoms with Crippen molar-refractivity contribution in [1.82, 2.24) is 5.32 Å². The van der Waals surface area contributed by atoms with Gasteiger partial charge in [0.2, 0.25) is 0 Å². The van der Waals surface area contributed by atoms with Crippen molar-refractivity contribution in [2.75, 3.05) is 0 Å². The molecule has 0 aromatic heterocycles.